The van der Waals surface area contributed by atoms with E-state index in [9.17, 15) is 28.8 Å². The molecular weight excluding hydrogens is 420 g/mol. The predicted molar refractivity (Wildman–Crippen MR) is 104 cm³/mol. The number of thioether (sulfide) groups is 1. The minimum absolute atomic E-state index is 0.00123. The first kappa shape index (κ1) is 25.1. The second kappa shape index (κ2) is 12.0. The normalized spacial score (nSPS) is 19.5. The molecule has 12 heteroatoms. The van der Waals surface area contributed by atoms with E-state index in [1.165, 1.54) is 13.8 Å². The van der Waals surface area contributed by atoms with Crippen LogP contribution < -0.4 is 10.6 Å². The van der Waals surface area contributed by atoms with E-state index in [0.29, 0.717) is 11.8 Å². The summed E-state index contributed by atoms with van der Waals surface area (Å²) >= 11 is 0.653. The molecule has 0 aromatic carbocycles. The summed E-state index contributed by atoms with van der Waals surface area (Å²) in [6.45, 7) is 2.77. The van der Waals surface area contributed by atoms with Crippen molar-refractivity contribution in [3.63, 3.8) is 0 Å². The molecule has 1 aliphatic heterocycles. The molecule has 1 heterocycles. The topological polar surface area (TPSA) is 154 Å². The van der Waals surface area contributed by atoms with Crippen molar-refractivity contribution in [2.75, 3.05) is 32.6 Å². The molecule has 0 aliphatic carbocycles. The van der Waals surface area contributed by atoms with Gasteiger partial charge in [0.15, 0.2) is 6.10 Å². The first-order valence-electron chi connectivity index (χ1n) is 8.91. The molecule has 1 rings (SSSR count). The summed E-state index contributed by atoms with van der Waals surface area (Å²) in [5.74, 6) is -3.77. The number of carbonyl (C=O) groups is 6. The van der Waals surface area contributed by atoms with Crippen LogP contribution in [0.15, 0.2) is 12.2 Å². The van der Waals surface area contributed by atoms with E-state index in [0.717, 1.165) is 19.3 Å². The highest BCUT2D eigenvalue weighted by atomic mass is 32.2. The van der Waals surface area contributed by atoms with Crippen molar-refractivity contribution >= 4 is 46.6 Å². The van der Waals surface area contributed by atoms with E-state index in [1.54, 1.807) is 0 Å². The van der Waals surface area contributed by atoms with E-state index in [1.807, 2.05) is 0 Å². The lowest BCUT2D eigenvalue weighted by molar-refractivity contribution is -0.169. The van der Waals surface area contributed by atoms with Gasteiger partial charge in [-0.15, -0.1) is 0 Å². The molecule has 1 aliphatic rings. The third-order valence-corrected chi connectivity index (χ3v) is 4.63. The van der Waals surface area contributed by atoms with Crippen molar-refractivity contribution in [1.29, 1.82) is 0 Å². The summed E-state index contributed by atoms with van der Waals surface area (Å²) in [7, 11) is 1.14. The summed E-state index contributed by atoms with van der Waals surface area (Å²) in [4.78, 5) is 71.0. The average Bonchev–Trinajstić information content (AvgIpc) is 2.71. The number of carbonyl (C=O) groups excluding carboxylic acids is 6. The Labute approximate surface area is 177 Å². The maximum Gasteiger partial charge on any atom is 0.386 e. The van der Waals surface area contributed by atoms with Gasteiger partial charge in [-0.2, -0.15) is 0 Å². The molecule has 0 bridgehead atoms. The van der Waals surface area contributed by atoms with Gasteiger partial charge in [0, 0.05) is 42.8 Å². The van der Waals surface area contributed by atoms with Gasteiger partial charge in [0.1, 0.15) is 6.61 Å². The average molecular weight is 444 g/mol. The minimum Gasteiger partial charge on any atom is -0.466 e. The fourth-order valence-corrected chi connectivity index (χ4v) is 2.74. The largest absolute Gasteiger partial charge is 0.466 e. The van der Waals surface area contributed by atoms with E-state index in [-0.39, 0.29) is 37.8 Å². The van der Waals surface area contributed by atoms with Crippen LogP contribution in [0, 0.1) is 5.41 Å². The lowest BCUT2D eigenvalue weighted by atomic mass is 9.86. The maximum atomic E-state index is 12.6. The summed E-state index contributed by atoms with van der Waals surface area (Å²) in [6.07, 6.45) is 0.230. The Balaban J connectivity index is 2.91. The monoisotopic (exact) mass is 444 g/mol. The van der Waals surface area contributed by atoms with Gasteiger partial charge in [0.2, 0.25) is 5.91 Å². The van der Waals surface area contributed by atoms with Gasteiger partial charge in [-0.3, -0.25) is 14.4 Å². The van der Waals surface area contributed by atoms with Crippen LogP contribution in [-0.2, 0) is 43.0 Å². The molecule has 0 aromatic rings. The minimum atomic E-state index is -1.48. The Morgan fingerprint density at radius 2 is 1.80 bits per heavy atom. The van der Waals surface area contributed by atoms with Crippen LogP contribution in [0.2, 0.25) is 0 Å². The Morgan fingerprint density at radius 1 is 1.13 bits per heavy atom. The molecule has 0 aromatic heterocycles. The number of nitrogens with one attached hydrogen (secondary N) is 2. The molecule has 30 heavy (non-hydrogen) atoms. The van der Waals surface area contributed by atoms with Gasteiger partial charge >= 0.3 is 17.9 Å². The van der Waals surface area contributed by atoms with E-state index in [4.69, 9.17) is 9.47 Å². The van der Waals surface area contributed by atoms with Crippen molar-refractivity contribution in [2.45, 2.75) is 26.4 Å². The third kappa shape index (κ3) is 8.64. The lowest BCUT2D eigenvalue weighted by Crippen LogP contribution is -2.49. The zero-order valence-electron chi connectivity index (χ0n) is 16.9. The maximum absolute atomic E-state index is 12.6. The van der Waals surface area contributed by atoms with Crippen molar-refractivity contribution in [1.82, 2.24) is 10.6 Å². The molecule has 11 nitrogen and oxygen atoms in total. The molecule has 166 valence electrons. The Kier molecular flexibility index (Phi) is 10.0. The summed E-state index contributed by atoms with van der Waals surface area (Å²) in [6, 6.07) is 0. The number of methoxy groups -OCH3 is 1. The standard InChI is InChI=1S/C18H24N2O9S/c1-18(2,10-28-13(23)5-4-12(22)27-3)14-15(24)20-7-6-11(21)19-8-9-30-17(26)16(25)29-14/h4-5,14H,6-10H2,1-3H3,(H,19,21)(H,20,24)/b5-4+/t14-/m0/s1. The number of hydrogen-bond donors (Lipinski definition) is 2. The van der Waals surface area contributed by atoms with Gasteiger partial charge in [-0.05, 0) is 0 Å². The third-order valence-electron chi connectivity index (χ3n) is 3.79. The summed E-state index contributed by atoms with van der Waals surface area (Å²) < 4.78 is 14.5. The van der Waals surface area contributed by atoms with Crippen molar-refractivity contribution in [2.24, 2.45) is 5.41 Å². The summed E-state index contributed by atoms with van der Waals surface area (Å²) in [5.41, 5.74) is -1.23. The Morgan fingerprint density at radius 3 is 2.47 bits per heavy atom. The van der Waals surface area contributed by atoms with Crippen LogP contribution in [-0.4, -0.2) is 73.5 Å². The van der Waals surface area contributed by atoms with Crippen LogP contribution in [0.3, 0.4) is 0 Å². The molecule has 2 amide bonds. The van der Waals surface area contributed by atoms with E-state index < -0.39 is 40.4 Å². The number of hydrogen-bond acceptors (Lipinski definition) is 10. The highest BCUT2D eigenvalue weighted by Gasteiger charge is 2.41. The quantitative estimate of drug-likeness (QED) is 0.236. The zero-order valence-corrected chi connectivity index (χ0v) is 17.7. The predicted octanol–water partition coefficient (Wildman–Crippen LogP) is -0.907. The van der Waals surface area contributed by atoms with Crippen LogP contribution in [0.5, 0.6) is 0 Å². The first-order valence-corrected chi connectivity index (χ1v) is 9.90. The van der Waals surface area contributed by atoms with Crippen molar-refractivity contribution in [3.05, 3.63) is 12.2 Å². The first-order chi connectivity index (χ1) is 14.1. The van der Waals surface area contributed by atoms with E-state index in [2.05, 4.69) is 15.4 Å². The highest BCUT2D eigenvalue weighted by molar-refractivity contribution is 8.15. The van der Waals surface area contributed by atoms with Gasteiger partial charge in [-0.25, -0.2) is 14.4 Å². The van der Waals surface area contributed by atoms with Gasteiger partial charge in [0.25, 0.3) is 11.0 Å². The molecule has 0 unspecified atom stereocenters. The van der Waals surface area contributed by atoms with Gasteiger partial charge in [-0.1, -0.05) is 25.6 Å². The van der Waals surface area contributed by atoms with Crippen LogP contribution in [0.4, 0.5) is 0 Å². The SMILES string of the molecule is COC(=O)/C=C/C(=O)OCC(C)(C)[C@H]1OC(=O)C(=O)SCCNC(=O)CCNC1=O. The molecule has 0 spiro atoms. The van der Waals surface area contributed by atoms with Gasteiger partial charge < -0.3 is 24.8 Å². The van der Waals surface area contributed by atoms with Gasteiger partial charge in [0.05, 0.1) is 7.11 Å². The number of rotatable bonds is 5. The molecule has 2 N–H and O–H groups in total. The van der Waals surface area contributed by atoms with Crippen molar-refractivity contribution < 1.29 is 43.0 Å². The molecule has 0 saturated carbocycles. The second-order valence-electron chi connectivity index (χ2n) is 6.77. The fourth-order valence-electron chi connectivity index (χ4n) is 2.18. The number of ether oxygens (including phenoxy) is 3. The van der Waals surface area contributed by atoms with E-state index >= 15 is 0 Å². The number of esters is 3. The molecule has 0 radical (unpaired) electrons. The number of amides is 2. The molecular formula is C18H24N2O9S. The Hall–Kier alpha value is -2.89. The zero-order chi connectivity index (χ0) is 22.7. The van der Waals surface area contributed by atoms with Crippen LogP contribution in [0.25, 0.3) is 0 Å². The van der Waals surface area contributed by atoms with Crippen LogP contribution >= 0.6 is 11.8 Å². The molecule has 1 atom stereocenters. The highest BCUT2D eigenvalue weighted by Crippen LogP contribution is 2.25. The smallest absolute Gasteiger partial charge is 0.386 e. The van der Waals surface area contributed by atoms with Crippen molar-refractivity contribution in [3.8, 4) is 0 Å². The lowest BCUT2D eigenvalue weighted by Gasteiger charge is -2.31. The fraction of sp³-hybridized carbons (Fsp3) is 0.556. The molecule has 1 fully saturated rings. The van der Waals surface area contributed by atoms with Crippen LogP contribution in [0.1, 0.15) is 20.3 Å². The molecule has 1 saturated heterocycles. The number of cyclic esters (lactones) is 1. The second-order valence-corrected chi connectivity index (χ2v) is 7.83. The Bertz CT molecular complexity index is 733. The summed E-state index contributed by atoms with van der Waals surface area (Å²) in [5, 5.41) is 4.10.